The second-order valence-corrected chi connectivity index (χ2v) is 4.15. The Hall–Kier alpha value is -0.450. The molecule has 0 spiro atoms. The third-order valence-corrected chi connectivity index (χ3v) is 2.73. The first-order valence-electron chi connectivity index (χ1n) is 4.85. The number of amides is 1. The lowest BCUT2D eigenvalue weighted by Gasteiger charge is -2.20. The summed E-state index contributed by atoms with van der Waals surface area (Å²) in [4.78, 5) is 11.2. The second-order valence-electron chi connectivity index (χ2n) is 3.77. The number of nitrogens with one attached hydrogen (secondary N) is 1. The molecule has 15 heavy (non-hydrogen) atoms. The van der Waals surface area contributed by atoms with Gasteiger partial charge in [-0.3, -0.25) is 4.79 Å². The highest BCUT2D eigenvalue weighted by atomic mass is 35.5. The maximum atomic E-state index is 12.4. The molecule has 0 aromatic rings. The molecule has 0 saturated heterocycles. The van der Waals surface area contributed by atoms with Crippen molar-refractivity contribution in [3.8, 4) is 0 Å². The van der Waals surface area contributed by atoms with Crippen molar-refractivity contribution in [2.24, 2.45) is 0 Å². The Morgan fingerprint density at radius 3 is 2.33 bits per heavy atom. The molecule has 0 aromatic carbocycles. The van der Waals surface area contributed by atoms with E-state index in [-0.39, 0.29) is 19.3 Å². The highest BCUT2D eigenvalue weighted by molar-refractivity contribution is 6.17. The standard InChI is InChI=1S/C9H13ClF3NO/c10-6-2-1-3-7(15)14-8(4-5-8)9(11,12)13/h1-6H2,(H,14,15). The van der Waals surface area contributed by atoms with E-state index in [1.54, 1.807) is 0 Å². The van der Waals surface area contributed by atoms with E-state index in [2.05, 4.69) is 5.32 Å². The number of halogens is 4. The number of hydrogen-bond donors (Lipinski definition) is 1. The van der Waals surface area contributed by atoms with E-state index in [1.165, 1.54) is 0 Å². The van der Waals surface area contributed by atoms with E-state index in [1.807, 2.05) is 0 Å². The number of unbranched alkanes of at least 4 members (excludes halogenated alkanes) is 1. The smallest absolute Gasteiger partial charge is 0.342 e. The molecule has 1 amide bonds. The van der Waals surface area contributed by atoms with Crippen molar-refractivity contribution < 1.29 is 18.0 Å². The molecule has 88 valence electrons. The van der Waals surface area contributed by atoms with Gasteiger partial charge < -0.3 is 5.32 Å². The lowest BCUT2D eigenvalue weighted by Crippen LogP contribution is -2.47. The minimum absolute atomic E-state index is 0.00224. The molecule has 1 fully saturated rings. The van der Waals surface area contributed by atoms with Gasteiger partial charge in [0.25, 0.3) is 0 Å². The Morgan fingerprint density at radius 1 is 1.33 bits per heavy atom. The Bertz CT molecular complexity index is 238. The van der Waals surface area contributed by atoms with Crippen LogP contribution in [0.4, 0.5) is 13.2 Å². The Kier molecular flexibility index (Phi) is 3.87. The zero-order chi connectivity index (χ0) is 11.5. The zero-order valence-electron chi connectivity index (χ0n) is 8.16. The third kappa shape index (κ3) is 3.26. The third-order valence-electron chi connectivity index (χ3n) is 2.46. The Labute approximate surface area is 91.2 Å². The predicted octanol–water partition coefficient (Wildman–Crippen LogP) is 2.61. The predicted molar refractivity (Wildman–Crippen MR) is 50.7 cm³/mol. The van der Waals surface area contributed by atoms with Crippen molar-refractivity contribution in [1.29, 1.82) is 0 Å². The molecule has 1 saturated carbocycles. The van der Waals surface area contributed by atoms with Crippen LogP contribution in [0.5, 0.6) is 0 Å². The van der Waals surface area contributed by atoms with Gasteiger partial charge in [0.15, 0.2) is 0 Å². The summed E-state index contributed by atoms with van der Waals surface area (Å²) < 4.78 is 37.2. The summed E-state index contributed by atoms with van der Waals surface area (Å²) in [7, 11) is 0. The summed E-state index contributed by atoms with van der Waals surface area (Å²) in [5, 5.41) is 2.06. The molecule has 0 unspecified atom stereocenters. The fraction of sp³-hybridized carbons (Fsp3) is 0.889. The highest BCUT2D eigenvalue weighted by Gasteiger charge is 2.64. The quantitative estimate of drug-likeness (QED) is 0.584. The summed E-state index contributed by atoms with van der Waals surface area (Å²) in [6.07, 6.45) is -3.04. The van der Waals surface area contributed by atoms with Crippen molar-refractivity contribution in [3.63, 3.8) is 0 Å². The fourth-order valence-electron chi connectivity index (χ4n) is 1.31. The SMILES string of the molecule is O=C(CCCCCl)NC1(C(F)(F)F)CC1. The maximum absolute atomic E-state index is 12.4. The molecular formula is C9H13ClF3NO. The number of hydrogen-bond acceptors (Lipinski definition) is 1. The van der Waals surface area contributed by atoms with Crippen LogP contribution in [0, 0.1) is 0 Å². The van der Waals surface area contributed by atoms with Gasteiger partial charge in [0.2, 0.25) is 5.91 Å². The zero-order valence-corrected chi connectivity index (χ0v) is 8.92. The van der Waals surface area contributed by atoms with Crippen molar-refractivity contribution in [3.05, 3.63) is 0 Å². The first kappa shape index (κ1) is 12.6. The van der Waals surface area contributed by atoms with Crippen molar-refractivity contribution in [2.45, 2.75) is 43.8 Å². The van der Waals surface area contributed by atoms with E-state index in [0.29, 0.717) is 18.7 Å². The number of alkyl halides is 4. The summed E-state index contributed by atoms with van der Waals surface area (Å²) in [6.45, 7) is 0. The summed E-state index contributed by atoms with van der Waals surface area (Å²) in [5.74, 6) is -0.104. The van der Waals surface area contributed by atoms with E-state index >= 15 is 0 Å². The maximum Gasteiger partial charge on any atom is 0.411 e. The molecule has 0 bridgehead atoms. The molecule has 0 aromatic heterocycles. The molecule has 1 rings (SSSR count). The van der Waals surface area contributed by atoms with Crippen LogP contribution in [0.1, 0.15) is 32.1 Å². The number of carbonyl (C=O) groups excluding carboxylic acids is 1. The van der Waals surface area contributed by atoms with Crippen LogP contribution in [-0.2, 0) is 4.79 Å². The second kappa shape index (κ2) is 4.60. The molecule has 1 aliphatic carbocycles. The highest BCUT2D eigenvalue weighted by Crippen LogP contribution is 2.48. The molecule has 0 atom stereocenters. The lowest BCUT2D eigenvalue weighted by atomic mass is 10.2. The van der Waals surface area contributed by atoms with Crippen LogP contribution in [0.3, 0.4) is 0 Å². The monoisotopic (exact) mass is 243 g/mol. The van der Waals surface area contributed by atoms with Crippen LogP contribution in [-0.4, -0.2) is 23.5 Å². The first-order chi connectivity index (χ1) is 6.91. The minimum atomic E-state index is -4.32. The molecule has 1 N–H and O–H groups in total. The molecule has 2 nitrogen and oxygen atoms in total. The molecule has 6 heteroatoms. The Morgan fingerprint density at radius 2 is 1.93 bits per heavy atom. The van der Waals surface area contributed by atoms with Gasteiger partial charge in [0.1, 0.15) is 5.54 Å². The number of carbonyl (C=O) groups is 1. The lowest BCUT2D eigenvalue weighted by molar-refractivity contribution is -0.170. The van der Waals surface area contributed by atoms with Gasteiger partial charge in [-0.15, -0.1) is 11.6 Å². The van der Waals surface area contributed by atoms with E-state index in [9.17, 15) is 18.0 Å². The van der Waals surface area contributed by atoms with Crippen LogP contribution in [0.15, 0.2) is 0 Å². The molecule has 0 radical (unpaired) electrons. The van der Waals surface area contributed by atoms with Crippen molar-refractivity contribution in [1.82, 2.24) is 5.32 Å². The van der Waals surface area contributed by atoms with Crippen LogP contribution in [0.2, 0.25) is 0 Å². The minimum Gasteiger partial charge on any atom is -0.342 e. The van der Waals surface area contributed by atoms with Gasteiger partial charge in [-0.1, -0.05) is 0 Å². The van der Waals surface area contributed by atoms with Gasteiger partial charge in [-0.05, 0) is 25.7 Å². The average molecular weight is 244 g/mol. The molecular weight excluding hydrogens is 231 g/mol. The van der Waals surface area contributed by atoms with Crippen molar-refractivity contribution >= 4 is 17.5 Å². The Balaban J connectivity index is 2.32. The van der Waals surface area contributed by atoms with Crippen LogP contribution in [0.25, 0.3) is 0 Å². The van der Waals surface area contributed by atoms with E-state index in [0.717, 1.165) is 0 Å². The van der Waals surface area contributed by atoms with Gasteiger partial charge in [-0.25, -0.2) is 0 Å². The number of rotatable bonds is 5. The fourth-order valence-corrected chi connectivity index (χ4v) is 1.50. The van der Waals surface area contributed by atoms with Crippen LogP contribution >= 0.6 is 11.6 Å². The summed E-state index contributed by atoms with van der Waals surface area (Å²) >= 11 is 5.39. The molecule has 1 aliphatic rings. The first-order valence-corrected chi connectivity index (χ1v) is 5.38. The van der Waals surface area contributed by atoms with Crippen LogP contribution < -0.4 is 5.32 Å². The van der Waals surface area contributed by atoms with Crippen molar-refractivity contribution in [2.75, 3.05) is 5.88 Å². The normalized spacial score (nSPS) is 18.7. The topological polar surface area (TPSA) is 29.1 Å². The summed E-state index contributed by atoms with van der Waals surface area (Å²) in [5.41, 5.74) is -1.93. The van der Waals surface area contributed by atoms with Gasteiger partial charge in [-0.2, -0.15) is 13.2 Å². The largest absolute Gasteiger partial charge is 0.411 e. The summed E-state index contributed by atoms with van der Waals surface area (Å²) in [6, 6.07) is 0. The van der Waals surface area contributed by atoms with E-state index in [4.69, 9.17) is 11.6 Å². The molecule has 0 aliphatic heterocycles. The van der Waals surface area contributed by atoms with E-state index < -0.39 is 17.6 Å². The van der Waals surface area contributed by atoms with Gasteiger partial charge >= 0.3 is 6.18 Å². The molecule has 0 heterocycles. The average Bonchev–Trinajstić information content (AvgIpc) is 2.84. The van der Waals surface area contributed by atoms with Gasteiger partial charge in [0, 0.05) is 12.3 Å². The van der Waals surface area contributed by atoms with Gasteiger partial charge in [0.05, 0.1) is 0 Å².